The average molecular weight is 665 g/mol. The third-order valence-corrected chi connectivity index (χ3v) is 12.2. The zero-order chi connectivity index (χ0) is 29.6. The maximum atomic E-state index is 6.24. The molecule has 0 fully saturated rings. The molecule has 3 heteroatoms. The van der Waals surface area contributed by atoms with Crippen molar-refractivity contribution in [2.75, 3.05) is 0 Å². The monoisotopic (exact) mass is 662 g/mol. The molecule has 0 N–H and O–H groups in total. The van der Waals surface area contributed by atoms with Crippen molar-refractivity contribution in [1.29, 1.82) is 0 Å². The molecule has 0 aliphatic rings. The van der Waals surface area contributed by atoms with Crippen LogP contribution in [0.4, 0.5) is 0 Å². The van der Waals surface area contributed by atoms with Crippen molar-refractivity contribution in [1.82, 2.24) is 0 Å². The van der Waals surface area contributed by atoms with E-state index in [4.69, 9.17) is 17.0 Å². The van der Waals surface area contributed by atoms with Crippen LogP contribution in [0.25, 0.3) is 32.3 Å². The fourth-order valence-electron chi connectivity index (χ4n) is 5.40. The van der Waals surface area contributed by atoms with Crippen molar-refractivity contribution in [3.8, 4) is 0 Å². The van der Waals surface area contributed by atoms with E-state index in [1.807, 2.05) is 36.4 Å². The number of benzene rings is 5. The van der Waals surface area contributed by atoms with Crippen LogP contribution in [0, 0.1) is 27.7 Å². The van der Waals surface area contributed by atoms with Gasteiger partial charge in [-0.1, -0.05) is 55.3 Å². The Morgan fingerprint density at radius 1 is 0.548 bits per heavy atom. The summed E-state index contributed by atoms with van der Waals surface area (Å²) >= 11 is -2.44. The summed E-state index contributed by atoms with van der Waals surface area (Å²) in [5, 5.41) is 8.24. The second-order valence-electron chi connectivity index (χ2n) is 10.7. The molecule has 0 unspecified atom stereocenters. The minimum atomic E-state index is -2.44. The van der Waals surface area contributed by atoms with Gasteiger partial charge in [-0.15, -0.1) is 74.3 Å². The first-order valence-corrected chi connectivity index (χ1v) is 21.7. The Morgan fingerprint density at radius 2 is 1.07 bits per heavy atom. The van der Waals surface area contributed by atoms with Crippen molar-refractivity contribution < 1.29 is 18.9 Å². The number of halogens is 2. The molecule has 0 saturated carbocycles. The number of hydrogen-bond donors (Lipinski definition) is 0. The zero-order valence-electron chi connectivity index (χ0n) is 24.5. The first-order chi connectivity index (χ1) is 20.3. The van der Waals surface area contributed by atoms with E-state index in [-0.39, 0.29) is 0 Å². The standard InChI is InChI=1S/C15H13.C13H10.C11H11.2ClH.Zr/c1-10-3-5-14-12(7-10)9-13-8-11(2)4-6-15(13)14;1-3-7-12(8-4-1)11-13-9-5-2-6-10-13;1-8-4-3-5-10-9(2)6-7-11(8)10;;;/h3-9H,1-2H3;1-10H;3-7H,1-2H3;2*1H;/q-1;;-1;;;+2/p-2. The van der Waals surface area contributed by atoms with Gasteiger partial charge in [0, 0.05) is 0 Å². The minimum absolute atomic E-state index is 1.15. The topological polar surface area (TPSA) is 0 Å². The molecule has 0 nitrogen and oxygen atoms in total. The van der Waals surface area contributed by atoms with Crippen LogP contribution in [0.5, 0.6) is 0 Å². The maximum absolute atomic E-state index is 6.24. The Kier molecular flexibility index (Phi) is 10.1. The van der Waals surface area contributed by atoms with Gasteiger partial charge >= 0.3 is 111 Å². The van der Waals surface area contributed by atoms with Gasteiger partial charge in [-0.25, -0.2) is 0 Å². The average Bonchev–Trinajstić information content (AvgIpc) is 3.54. The van der Waals surface area contributed by atoms with Gasteiger partial charge in [0.2, 0.25) is 0 Å². The molecule has 7 rings (SSSR count). The van der Waals surface area contributed by atoms with E-state index in [0.717, 1.165) is 14.3 Å². The Labute approximate surface area is 264 Å². The van der Waals surface area contributed by atoms with Gasteiger partial charge in [-0.05, 0) is 13.8 Å². The van der Waals surface area contributed by atoms with Gasteiger partial charge in [0.15, 0.2) is 0 Å². The van der Waals surface area contributed by atoms with Gasteiger partial charge in [-0.3, -0.25) is 0 Å². The Hall–Kier alpha value is -3.09. The molecule has 7 aromatic rings. The van der Waals surface area contributed by atoms with Gasteiger partial charge < -0.3 is 0 Å². The molecule has 0 aromatic heterocycles. The van der Waals surface area contributed by atoms with Crippen molar-refractivity contribution in [3.05, 3.63) is 167 Å². The summed E-state index contributed by atoms with van der Waals surface area (Å²) in [5.74, 6) is 0. The van der Waals surface area contributed by atoms with Gasteiger partial charge in [0.05, 0.1) is 0 Å². The fraction of sp³-hybridized carbons (Fsp3) is 0.103. The molecule has 210 valence electrons. The number of rotatable bonds is 2. The van der Waals surface area contributed by atoms with E-state index in [1.165, 1.54) is 54.6 Å². The van der Waals surface area contributed by atoms with Gasteiger partial charge in [-0.2, -0.15) is 11.6 Å². The first-order valence-electron chi connectivity index (χ1n) is 14.2. The number of fused-ring (bicyclic) bond motifs is 4. The van der Waals surface area contributed by atoms with Crippen LogP contribution >= 0.6 is 17.0 Å². The van der Waals surface area contributed by atoms with Crippen LogP contribution in [-0.4, -0.2) is 3.21 Å². The normalized spacial score (nSPS) is 10.6. The third kappa shape index (κ3) is 7.10. The molecule has 0 saturated heterocycles. The second-order valence-corrected chi connectivity index (χ2v) is 18.9. The van der Waals surface area contributed by atoms with Crippen LogP contribution in [-0.2, 0) is 18.9 Å². The van der Waals surface area contributed by atoms with Crippen LogP contribution in [0.2, 0.25) is 0 Å². The third-order valence-electron chi connectivity index (χ3n) is 7.58. The first kappa shape index (κ1) is 30.4. The summed E-state index contributed by atoms with van der Waals surface area (Å²) in [4.78, 5) is 0. The molecular formula is C39H34Cl2Zr-2. The molecule has 7 aromatic carbocycles. The SMILES string of the molecule is Cc1c[cH-]c2c(C)cccc12.Cc1ccc2c(c1)[cH-]c1cc(C)ccc12.[Cl][Zr]([Cl])=[C](c1ccccc1)c1ccccc1. The Bertz CT molecular complexity index is 1870. The second kappa shape index (κ2) is 13.9. The molecule has 0 atom stereocenters. The molecule has 0 spiro atoms. The fourth-order valence-corrected chi connectivity index (χ4v) is 9.87. The Morgan fingerprint density at radius 3 is 1.55 bits per heavy atom. The van der Waals surface area contributed by atoms with Crippen LogP contribution in [0.15, 0.2) is 133 Å². The molecule has 0 aliphatic carbocycles. The number of hydrogen-bond acceptors (Lipinski definition) is 0. The van der Waals surface area contributed by atoms with Crippen molar-refractivity contribution in [2.24, 2.45) is 0 Å². The predicted octanol–water partition coefficient (Wildman–Crippen LogP) is 11.7. The molecular weight excluding hydrogens is 631 g/mol. The van der Waals surface area contributed by atoms with Crippen LogP contribution < -0.4 is 0 Å². The molecule has 0 aliphatic heterocycles. The summed E-state index contributed by atoms with van der Waals surface area (Å²) in [6.45, 7) is 8.59. The number of aryl methyl sites for hydroxylation is 4. The summed E-state index contributed by atoms with van der Waals surface area (Å²) in [7, 11) is 12.5. The van der Waals surface area contributed by atoms with E-state index in [2.05, 4.69) is 125 Å². The van der Waals surface area contributed by atoms with E-state index >= 15 is 0 Å². The summed E-state index contributed by atoms with van der Waals surface area (Å²) in [6.07, 6.45) is 0. The van der Waals surface area contributed by atoms with Crippen LogP contribution in [0.3, 0.4) is 0 Å². The molecule has 42 heavy (non-hydrogen) atoms. The Balaban J connectivity index is 0.000000128. The van der Waals surface area contributed by atoms with E-state index in [0.29, 0.717) is 0 Å². The molecule has 0 heterocycles. The molecule has 0 bridgehead atoms. The van der Waals surface area contributed by atoms with E-state index < -0.39 is 18.9 Å². The van der Waals surface area contributed by atoms with Crippen molar-refractivity contribution >= 4 is 52.5 Å². The van der Waals surface area contributed by atoms with Crippen LogP contribution in [0.1, 0.15) is 33.4 Å². The van der Waals surface area contributed by atoms with E-state index in [9.17, 15) is 0 Å². The van der Waals surface area contributed by atoms with Crippen molar-refractivity contribution in [2.45, 2.75) is 27.7 Å². The van der Waals surface area contributed by atoms with Crippen molar-refractivity contribution in [3.63, 3.8) is 0 Å². The van der Waals surface area contributed by atoms with Gasteiger partial charge in [0.1, 0.15) is 0 Å². The molecule has 0 radical (unpaired) electrons. The predicted molar refractivity (Wildman–Crippen MR) is 183 cm³/mol. The summed E-state index contributed by atoms with van der Waals surface area (Å²) in [6, 6.07) is 46.7. The quantitative estimate of drug-likeness (QED) is 0.161. The molecule has 0 amide bonds. The summed E-state index contributed by atoms with van der Waals surface area (Å²) < 4.78 is 1.15. The zero-order valence-corrected chi connectivity index (χ0v) is 28.4. The van der Waals surface area contributed by atoms with Gasteiger partial charge in [0.25, 0.3) is 0 Å². The summed E-state index contributed by atoms with van der Waals surface area (Å²) in [5.41, 5.74) is 7.70. The van der Waals surface area contributed by atoms with E-state index in [1.54, 1.807) is 0 Å².